The van der Waals surface area contributed by atoms with Crippen LogP contribution in [0.4, 0.5) is 0 Å². The maximum atomic E-state index is 13.1. The molecule has 36 heavy (non-hydrogen) atoms. The van der Waals surface area contributed by atoms with Crippen molar-refractivity contribution in [2.45, 2.75) is 13.2 Å². The van der Waals surface area contributed by atoms with Crippen LogP contribution in [-0.4, -0.2) is 27.2 Å². The Bertz CT molecular complexity index is 1280. The fourth-order valence-electron chi connectivity index (χ4n) is 3.87. The molecule has 0 aromatic heterocycles. The molecule has 4 aromatic rings. The summed E-state index contributed by atoms with van der Waals surface area (Å²) in [5.74, 6) is 1.88. The number of carbonyl (C=O) groups is 1. The summed E-state index contributed by atoms with van der Waals surface area (Å²) in [5.41, 5.74) is 4.17. The van der Waals surface area contributed by atoms with E-state index in [0.717, 1.165) is 22.3 Å². The highest BCUT2D eigenvalue weighted by atomic mass is 16.5. The van der Waals surface area contributed by atoms with Crippen LogP contribution < -0.4 is 24.3 Å². The molecule has 0 bridgehead atoms. The Balaban J connectivity index is 1.67. The maximum absolute atomic E-state index is 13.1. The first-order valence-electron chi connectivity index (χ1n) is 11.6. The Morgan fingerprint density at radius 1 is 0.667 bits per heavy atom. The predicted octanol–water partition coefficient (Wildman–Crippen LogP) is 5.89. The van der Waals surface area contributed by atoms with E-state index in [1.54, 1.807) is 27.4 Å². The van der Waals surface area contributed by atoms with Gasteiger partial charge in [0.05, 0.1) is 26.9 Å². The SMILES string of the molecule is COc1cc(-c2ccc(C(=O)NCc3ccccc3)c(OCc3ccccc3)c2)cc(OC)c1OC. The molecule has 4 rings (SSSR count). The highest BCUT2D eigenvalue weighted by molar-refractivity contribution is 5.97. The second kappa shape index (κ2) is 11.8. The minimum absolute atomic E-state index is 0.210. The number of methoxy groups -OCH3 is 3. The molecule has 1 amide bonds. The Labute approximate surface area is 211 Å². The van der Waals surface area contributed by atoms with Crippen molar-refractivity contribution in [2.75, 3.05) is 21.3 Å². The van der Waals surface area contributed by atoms with Gasteiger partial charge < -0.3 is 24.3 Å². The molecule has 0 saturated carbocycles. The molecule has 0 heterocycles. The van der Waals surface area contributed by atoms with Gasteiger partial charge in [-0.2, -0.15) is 0 Å². The minimum Gasteiger partial charge on any atom is -0.493 e. The summed E-state index contributed by atoms with van der Waals surface area (Å²) in [6.45, 7) is 0.755. The lowest BCUT2D eigenvalue weighted by Crippen LogP contribution is -2.23. The van der Waals surface area contributed by atoms with Gasteiger partial charge in [-0.1, -0.05) is 66.7 Å². The van der Waals surface area contributed by atoms with Crippen LogP contribution in [0, 0.1) is 0 Å². The van der Waals surface area contributed by atoms with Crippen molar-refractivity contribution in [1.82, 2.24) is 5.32 Å². The Hall–Kier alpha value is -4.45. The van der Waals surface area contributed by atoms with Gasteiger partial charge in [-0.15, -0.1) is 0 Å². The van der Waals surface area contributed by atoms with E-state index in [9.17, 15) is 4.79 Å². The van der Waals surface area contributed by atoms with Crippen LogP contribution in [0.3, 0.4) is 0 Å². The monoisotopic (exact) mass is 483 g/mol. The molecule has 0 fully saturated rings. The maximum Gasteiger partial charge on any atom is 0.255 e. The molecule has 1 N–H and O–H groups in total. The fraction of sp³-hybridized carbons (Fsp3) is 0.167. The summed E-state index contributed by atoms with van der Waals surface area (Å²) in [7, 11) is 4.73. The number of hydrogen-bond acceptors (Lipinski definition) is 5. The van der Waals surface area contributed by atoms with Crippen LogP contribution in [0.5, 0.6) is 23.0 Å². The van der Waals surface area contributed by atoms with E-state index < -0.39 is 0 Å². The lowest BCUT2D eigenvalue weighted by atomic mass is 10.0. The molecule has 184 valence electrons. The third-order valence-corrected chi connectivity index (χ3v) is 5.76. The van der Waals surface area contributed by atoms with Crippen LogP contribution in [0.1, 0.15) is 21.5 Å². The van der Waals surface area contributed by atoms with Crippen molar-refractivity contribution in [3.05, 3.63) is 108 Å². The zero-order valence-corrected chi connectivity index (χ0v) is 20.6. The number of nitrogens with one attached hydrogen (secondary N) is 1. The molecule has 0 atom stereocenters. The Morgan fingerprint density at radius 3 is 1.83 bits per heavy atom. The normalized spacial score (nSPS) is 10.4. The topological polar surface area (TPSA) is 66.0 Å². The zero-order valence-electron chi connectivity index (χ0n) is 20.6. The van der Waals surface area contributed by atoms with Gasteiger partial charge in [-0.3, -0.25) is 4.79 Å². The molecule has 0 saturated heterocycles. The molecule has 0 aliphatic rings. The number of carbonyl (C=O) groups excluding carboxylic acids is 1. The van der Waals surface area contributed by atoms with E-state index in [4.69, 9.17) is 18.9 Å². The Morgan fingerprint density at radius 2 is 1.25 bits per heavy atom. The van der Waals surface area contributed by atoms with Crippen molar-refractivity contribution in [1.29, 1.82) is 0 Å². The second-order valence-electron chi connectivity index (χ2n) is 8.07. The van der Waals surface area contributed by atoms with Crippen LogP contribution >= 0.6 is 0 Å². The highest BCUT2D eigenvalue weighted by Gasteiger charge is 2.18. The van der Waals surface area contributed by atoms with Gasteiger partial charge in [0.15, 0.2) is 11.5 Å². The minimum atomic E-state index is -0.210. The summed E-state index contributed by atoms with van der Waals surface area (Å²) in [5, 5.41) is 2.99. The zero-order chi connectivity index (χ0) is 25.3. The average molecular weight is 484 g/mol. The van der Waals surface area contributed by atoms with Gasteiger partial charge in [-0.05, 0) is 46.5 Å². The summed E-state index contributed by atoms with van der Waals surface area (Å²) in [6, 6.07) is 28.9. The molecule has 0 radical (unpaired) electrons. The van der Waals surface area contributed by atoms with Gasteiger partial charge in [0, 0.05) is 6.54 Å². The van der Waals surface area contributed by atoms with Crippen LogP contribution in [-0.2, 0) is 13.2 Å². The van der Waals surface area contributed by atoms with Crippen molar-refractivity contribution < 1.29 is 23.7 Å². The molecule has 0 aliphatic heterocycles. The number of benzene rings is 4. The molecule has 4 aromatic carbocycles. The van der Waals surface area contributed by atoms with Crippen molar-refractivity contribution >= 4 is 5.91 Å². The third kappa shape index (κ3) is 5.78. The number of amides is 1. The van der Waals surface area contributed by atoms with E-state index in [1.807, 2.05) is 84.9 Å². The first-order valence-corrected chi connectivity index (χ1v) is 11.6. The van der Waals surface area contributed by atoms with Gasteiger partial charge in [0.1, 0.15) is 12.4 Å². The van der Waals surface area contributed by atoms with Crippen LogP contribution in [0.15, 0.2) is 91.0 Å². The van der Waals surface area contributed by atoms with Gasteiger partial charge in [-0.25, -0.2) is 0 Å². The number of rotatable bonds is 10. The molecule has 0 spiro atoms. The summed E-state index contributed by atoms with van der Waals surface area (Å²) in [6.07, 6.45) is 0. The summed E-state index contributed by atoms with van der Waals surface area (Å²) >= 11 is 0. The molecule has 6 nitrogen and oxygen atoms in total. The molecule has 0 unspecified atom stereocenters. The first-order chi connectivity index (χ1) is 17.6. The third-order valence-electron chi connectivity index (χ3n) is 5.76. The summed E-state index contributed by atoms with van der Waals surface area (Å²) in [4.78, 5) is 13.1. The van der Waals surface area contributed by atoms with E-state index in [2.05, 4.69) is 5.32 Å². The van der Waals surface area contributed by atoms with E-state index in [-0.39, 0.29) is 5.91 Å². The van der Waals surface area contributed by atoms with E-state index in [1.165, 1.54) is 0 Å². The predicted molar refractivity (Wildman–Crippen MR) is 140 cm³/mol. The first kappa shape index (κ1) is 24.7. The molecular weight excluding hydrogens is 454 g/mol. The highest BCUT2D eigenvalue weighted by Crippen LogP contribution is 2.42. The average Bonchev–Trinajstić information content (AvgIpc) is 2.94. The number of ether oxygens (including phenoxy) is 4. The molecular formula is C30H29NO5. The fourth-order valence-corrected chi connectivity index (χ4v) is 3.87. The smallest absolute Gasteiger partial charge is 0.255 e. The lowest BCUT2D eigenvalue weighted by Gasteiger charge is -2.16. The van der Waals surface area contributed by atoms with Gasteiger partial charge in [0.25, 0.3) is 5.91 Å². The standard InChI is InChI=1S/C30H29NO5/c1-33-27-17-24(18-28(34-2)29(27)35-3)23-14-15-25(30(32)31-19-21-10-6-4-7-11-21)26(16-23)36-20-22-12-8-5-9-13-22/h4-18H,19-20H2,1-3H3,(H,31,32). The molecule has 0 aliphatic carbocycles. The quantitative estimate of drug-likeness (QED) is 0.305. The van der Waals surface area contributed by atoms with Crippen molar-refractivity contribution in [3.8, 4) is 34.1 Å². The largest absolute Gasteiger partial charge is 0.493 e. The summed E-state index contributed by atoms with van der Waals surface area (Å²) < 4.78 is 22.6. The number of hydrogen-bond donors (Lipinski definition) is 1. The van der Waals surface area contributed by atoms with Gasteiger partial charge >= 0.3 is 0 Å². The van der Waals surface area contributed by atoms with Crippen molar-refractivity contribution in [3.63, 3.8) is 0 Å². The van der Waals surface area contributed by atoms with Crippen molar-refractivity contribution in [2.24, 2.45) is 0 Å². The van der Waals surface area contributed by atoms with E-state index >= 15 is 0 Å². The second-order valence-corrected chi connectivity index (χ2v) is 8.07. The van der Waals surface area contributed by atoms with Gasteiger partial charge in [0.2, 0.25) is 5.75 Å². The lowest BCUT2D eigenvalue weighted by molar-refractivity contribution is 0.0946. The van der Waals surface area contributed by atoms with E-state index in [0.29, 0.717) is 41.7 Å². The van der Waals surface area contributed by atoms with Crippen LogP contribution in [0.2, 0.25) is 0 Å². The molecule has 6 heteroatoms. The Kier molecular flexibility index (Phi) is 8.08. The van der Waals surface area contributed by atoms with Crippen LogP contribution in [0.25, 0.3) is 11.1 Å².